The summed E-state index contributed by atoms with van der Waals surface area (Å²) in [5.41, 5.74) is 1.71. The Morgan fingerprint density at radius 3 is 1.44 bits per heavy atom. The first-order chi connectivity index (χ1) is 20.9. The van der Waals surface area contributed by atoms with Crippen LogP contribution in [0.3, 0.4) is 0 Å². The molecule has 0 aliphatic heterocycles. The first-order valence-electron chi connectivity index (χ1n) is 15.5. The van der Waals surface area contributed by atoms with Gasteiger partial charge in [-0.25, -0.2) is 4.39 Å². The lowest BCUT2D eigenvalue weighted by molar-refractivity contribution is 0.0994. The van der Waals surface area contributed by atoms with Gasteiger partial charge in [0.2, 0.25) is 8.32 Å². The molecule has 8 nitrogen and oxygen atoms in total. The number of ether oxygens (including phenoxy) is 1. The maximum atomic E-state index is 14.2. The van der Waals surface area contributed by atoms with Crippen LogP contribution in [0.15, 0.2) is 42.5 Å². The molecule has 0 radical (unpaired) electrons. The van der Waals surface area contributed by atoms with E-state index in [1.165, 1.54) is 11.6 Å². The molecule has 0 fully saturated rings. The van der Waals surface area contributed by atoms with Crippen LogP contribution in [-0.2, 0) is 39.4 Å². The third-order valence-electron chi connectivity index (χ3n) is 8.64. The van der Waals surface area contributed by atoms with Crippen LogP contribution >= 0.6 is 0 Å². The smallest absolute Gasteiger partial charge is 0.500 e. The van der Waals surface area contributed by atoms with Gasteiger partial charge in [0.15, 0.2) is 11.6 Å². The fourth-order valence-electron chi connectivity index (χ4n) is 4.03. The molecule has 0 N–H and O–H groups in total. The van der Waals surface area contributed by atoms with Gasteiger partial charge in [-0.3, -0.25) is 0 Å². The van der Waals surface area contributed by atoms with Crippen LogP contribution in [0.2, 0.25) is 30.2 Å². The van der Waals surface area contributed by atoms with Crippen LogP contribution in [0.1, 0.15) is 59.1 Å². The summed E-state index contributed by atoms with van der Waals surface area (Å²) in [6, 6.07) is 14.8. The molecule has 258 valence electrons. The van der Waals surface area contributed by atoms with E-state index in [0.717, 1.165) is 30.2 Å². The first kappa shape index (κ1) is 41.4. The summed E-state index contributed by atoms with van der Waals surface area (Å²) in [4.78, 5) is 0. The quantitative estimate of drug-likeness (QED) is 0.154. The molecule has 0 saturated heterocycles. The van der Waals surface area contributed by atoms with Gasteiger partial charge in [0.25, 0.3) is 0 Å². The Kier molecular flexibility index (Phi) is 16.6. The Bertz CT molecular complexity index is 1120. The number of benzene rings is 2. The SMILES string of the molecule is CCC(C)(C)Oc1ccc(CC[Si](OC)(OC)OC)cc1F.CO[Si](CCc1ccc(O[Si](C)(C)C(C)(C)C)cc1)(OC)OC. The molecular formula is C33H59FO8Si3. The normalized spacial score (nSPS) is 12.9. The van der Waals surface area contributed by atoms with E-state index in [2.05, 4.69) is 58.1 Å². The molecule has 2 rings (SSSR count). The molecule has 0 aromatic heterocycles. The van der Waals surface area contributed by atoms with Crippen molar-refractivity contribution in [1.82, 2.24) is 0 Å². The van der Waals surface area contributed by atoms with Gasteiger partial charge in [-0.05, 0) is 86.6 Å². The molecule has 0 heterocycles. The van der Waals surface area contributed by atoms with Crippen molar-refractivity contribution in [2.75, 3.05) is 42.7 Å². The van der Waals surface area contributed by atoms with Gasteiger partial charge in [0.05, 0.1) is 0 Å². The number of rotatable bonds is 17. The minimum absolute atomic E-state index is 0.201. The predicted octanol–water partition coefficient (Wildman–Crippen LogP) is 8.30. The second-order valence-corrected chi connectivity index (χ2v) is 24.0. The molecule has 0 saturated carbocycles. The minimum Gasteiger partial charge on any atom is -0.544 e. The second kappa shape index (κ2) is 18.1. The zero-order valence-corrected chi connectivity index (χ0v) is 33.2. The average Bonchev–Trinajstić information content (AvgIpc) is 3.01. The fourth-order valence-corrected chi connectivity index (χ4v) is 8.48. The zero-order valence-electron chi connectivity index (χ0n) is 30.2. The number of hydrogen-bond acceptors (Lipinski definition) is 8. The van der Waals surface area contributed by atoms with Gasteiger partial charge in [0.1, 0.15) is 11.4 Å². The van der Waals surface area contributed by atoms with Crippen molar-refractivity contribution in [2.45, 2.75) is 96.6 Å². The van der Waals surface area contributed by atoms with Crippen LogP contribution in [0.4, 0.5) is 4.39 Å². The van der Waals surface area contributed by atoms with Gasteiger partial charge in [-0.2, -0.15) is 0 Å². The third kappa shape index (κ3) is 12.8. The predicted molar refractivity (Wildman–Crippen MR) is 186 cm³/mol. The monoisotopic (exact) mass is 686 g/mol. The van der Waals surface area contributed by atoms with Crippen molar-refractivity contribution in [3.63, 3.8) is 0 Å². The Morgan fingerprint density at radius 2 is 1.07 bits per heavy atom. The van der Waals surface area contributed by atoms with E-state index in [0.29, 0.717) is 12.5 Å². The van der Waals surface area contributed by atoms with Crippen molar-refractivity contribution in [1.29, 1.82) is 0 Å². The highest BCUT2D eigenvalue weighted by Crippen LogP contribution is 2.37. The van der Waals surface area contributed by atoms with Crippen LogP contribution < -0.4 is 9.16 Å². The fraction of sp³-hybridized carbons (Fsp3) is 0.636. The van der Waals surface area contributed by atoms with Gasteiger partial charge < -0.3 is 35.7 Å². The van der Waals surface area contributed by atoms with Crippen molar-refractivity contribution < 1.29 is 40.1 Å². The molecule has 0 unspecified atom stereocenters. The summed E-state index contributed by atoms with van der Waals surface area (Å²) in [5.74, 6) is 0.886. The second-order valence-electron chi connectivity index (χ2n) is 13.1. The number of aryl methyl sites for hydroxylation is 2. The van der Waals surface area contributed by atoms with E-state index in [9.17, 15) is 4.39 Å². The van der Waals surface area contributed by atoms with Crippen LogP contribution in [-0.4, -0.2) is 74.2 Å². The van der Waals surface area contributed by atoms with E-state index in [1.807, 2.05) is 26.8 Å². The van der Waals surface area contributed by atoms with E-state index in [-0.39, 0.29) is 22.2 Å². The lowest BCUT2D eigenvalue weighted by atomic mass is 10.1. The lowest BCUT2D eigenvalue weighted by Crippen LogP contribution is -2.43. The summed E-state index contributed by atoms with van der Waals surface area (Å²) in [5, 5.41) is 0.201. The Morgan fingerprint density at radius 1 is 0.644 bits per heavy atom. The maximum absolute atomic E-state index is 14.2. The van der Waals surface area contributed by atoms with Crippen molar-refractivity contribution >= 4 is 25.9 Å². The summed E-state index contributed by atoms with van der Waals surface area (Å²) in [6.07, 6.45) is 2.29. The van der Waals surface area contributed by atoms with E-state index < -0.39 is 25.9 Å². The number of hydrogen-bond donors (Lipinski definition) is 0. The Balaban J connectivity index is 0.000000450. The largest absolute Gasteiger partial charge is 0.544 e. The van der Waals surface area contributed by atoms with E-state index in [4.69, 9.17) is 35.7 Å². The van der Waals surface area contributed by atoms with Crippen molar-refractivity contribution in [3.05, 3.63) is 59.4 Å². The van der Waals surface area contributed by atoms with Gasteiger partial charge in [-0.15, -0.1) is 0 Å². The molecule has 0 atom stereocenters. The lowest BCUT2D eigenvalue weighted by Gasteiger charge is -2.36. The van der Waals surface area contributed by atoms with Crippen LogP contribution in [0.5, 0.6) is 11.5 Å². The standard InChI is InChI=1S/C17H32O4Si2.C16H27FO4Si/c1-17(2,3)22(7,8)21-16-11-9-15(10-12-16)13-14-23(18-4,19-5)20-6;1-7-16(2,3)21-15-9-8-13(12-14(15)17)10-11-22(18-4,19-5)20-6/h9-12H,13-14H2,1-8H3;8-9,12H,7,10-11H2,1-6H3. The molecule has 0 spiro atoms. The Hall–Kier alpha value is -1.62. The van der Waals surface area contributed by atoms with E-state index >= 15 is 0 Å². The van der Waals surface area contributed by atoms with Gasteiger partial charge in [-0.1, -0.05) is 45.9 Å². The highest BCUT2D eigenvalue weighted by Gasteiger charge is 2.40. The van der Waals surface area contributed by atoms with E-state index in [1.54, 1.807) is 48.7 Å². The third-order valence-corrected chi connectivity index (χ3v) is 18.5. The zero-order chi connectivity index (χ0) is 34.5. The topological polar surface area (TPSA) is 73.8 Å². The molecular weight excluding hydrogens is 628 g/mol. The molecule has 2 aromatic carbocycles. The molecule has 45 heavy (non-hydrogen) atoms. The van der Waals surface area contributed by atoms with Gasteiger partial charge >= 0.3 is 17.6 Å². The molecule has 2 aromatic rings. The molecule has 0 bridgehead atoms. The highest BCUT2D eigenvalue weighted by atomic mass is 28.4. The summed E-state index contributed by atoms with van der Waals surface area (Å²) >= 11 is 0. The van der Waals surface area contributed by atoms with Gasteiger partial charge in [0, 0.05) is 54.7 Å². The van der Waals surface area contributed by atoms with Crippen LogP contribution in [0, 0.1) is 5.82 Å². The van der Waals surface area contributed by atoms with Crippen molar-refractivity contribution in [3.8, 4) is 11.5 Å². The maximum Gasteiger partial charge on any atom is 0.500 e. The molecule has 0 amide bonds. The van der Waals surface area contributed by atoms with Crippen molar-refractivity contribution in [2.24, 2.45) is 0 Å². The molecule has 0 aliphatic rings. The molecule has 0 aliphatic carbocycles. The summed E-state index contributed by atoms with van der Waals surface area (Å²) < 4.78 is 58.7. The first-order valence-corrected chi connectivity index (χ1v) is 22.2. The molecule has 12 heteroatoms. The van der Waals surface area contributed by atoms with Crippen LogP contribution in [0.25, 0.3) is 0 Å². The Labute approximate surface area is 275 Å². The average molecular weight is 687 g/mol. The summed E-state index contributed by atoms with van der Waals surface area (Å²) in [6.45, 7) is 17.2. The highest BCUT2D eigenvalue weighted by molar-refractivity contribution is 6.74. The minimum atomic E-state index is -2.63. The summed E-state index contributed by atoms with van der Waals surface area (Å²) in [7, 11) is 2.75. The number of halogens is 1.